The third-order valence-corrected chi connectivity index (χ3v) is 8.12. The van der Waals surface area contributed by atoms with Gasteiger partial charge in [0.1, 0.15) is 11.2 Å². The number of carbonyl (C=O) groups is 4. The zero-order valence-electron chi connectivity index (χ0n) is 16.8. The minimum atomic E-state index is -1.33. The minimum Gasteiger partial charge on any atom is -0.466 e. The van der Waals surface area contributed by atoms with Gasteiger partial charge in [0.25, 0.3) is 0 Å². The smallest absolute Gasteiger partial charge is 0.337 e. The summed E-state index contributed by atoms with van der Waals surface area (Å²) in [5, 5.41) is 0. The van der Waals surface area contributed by atoms with Crippen LogP contribution in [0.15, 0.2) is 45.5 Å². The molecule has 1 saturated heterocycles. The van der Waals surface area contributed by atoms with E-state index in [2.05, 4.69) is 15.9 Å². The van der Waals surface area contributed by atoms with E-state index in [0.717, 1.165) is 0 Å². The first kappa shape index (κ1) is 19.6. The maximum absolute atomic E-state index is 13.4. The molecule has 0 N–H and O–H groups in total. The van der Waals surface area contributed by atoms with E-state index < -0.39 is 46.3 Å². The summed E-state index contributed by atoms with van der Waals surface area (Å²) in [4.78, 5) is 52.2. The standard InChI is InChI=1S/C22H19BrO7/c1-20-14-9-5-6-22(10(7-12(9)24)11(23)8-13(22)25)17(14)21(2,30-20)16(19(27)29-4)15(20)18(26)28-3/h5-9,14,17H,1-4H3/t9-,14-,17+,20-,21-,22+/m1/s1. The number of hydrogen-bond donors (Lipinski definition) is 0. The zero-order chi connectivity index (χ0) is 21.8. The van der Waals surface area contributed by atoms with Crippen molar-refractivity contribution < 1.29 is 33.4 Å². The number of hydrogen-bond acceptors (Lipinski definition) is 7. The van der Waals surface area contributed by atoms with Gasteiger partial charge in [0.15, 0.2) is 11.6 Å². The van der Waals surface area contributed by atoms with Crippen LogP contribution in [0.4, 0.5) is 0 Å². The monoisotopic (exact) mass is 474 g/mol. The van der Waals surface area contributed by atoms with E-state index in [4.69, 9.17) is 14.2 Å². The van der Waals surface area contributed by atoms with Crippen molar-refractivity contribution in [2.75, 3.05) is 14.2 Å². The van der Waals surface area contributed by atoms with Crippen molar-refractivity contribution in [3.05, 3.63) is 45.5 Å². The number of ketones is 2. The van der Waals surface area contributed by atoms with E-state index in [1.807, 2.05) is 0 Å². The molecular weight excluding hydrogens is 456 g/mol. The molecule has 0 saturated carbocycles. The summed E-state index contributed by atoms with van der Waals surface area (Å²) in [6.45, 7) is 3.39. The van der Waals surface area contributed by atoms with E-state index in [0.29, 0.717) is 10.1 Å². The van der Waals surface area contributed by atoms with Crippen molar-refractivity contribution in [1.82, 2.24) is 0 Å². The van der Waals surface area contributed by atoms with Crippen LogP contribution in [0.25, 0.3) is 0 Å². The Labute approximate surface area is 180 Å². The SMILES string of the molecule is COC(=O)C1=C(C(=O)OC)[C@@]2(C)O[C@]1(C)[C@@H]1[C@@H]3C=C[C@]4(C(=O)C=C(Br)C4=CC3=O)[C@@H]12. The number of rotatable bonds is 2. The van der Waals surface area contributed by atoms with Crippen molar-refractivity contribution in [2.45, 2.75) is 25.0 Å². The summed E-state index contributed by atoms with van der Waals surface area (Å²) < 4.78 is 17.0. The number of halogens is 1. The van der Waals surface area contributed by atoms with Crippen LogP contribution in [0.1, 0.15) is 13.8 Å². The Balaban J connectivity index is 1.86. The summed E-state index contributed by atoms with van der Waals surface area (Å²) in [5.41, 5.74) is -3.12. The van der Waals surface area contributed by atoms with Gasteiger partial charge < -0.3 is 14.2 Å². The van der Waals surface area contributed by atoms with Crippen LogP contribution in [-0.4, -0.2) is 48.9 Å². The second-order valence-electron chi connectivity index (χ2n) is 8.62. The molecule has 7 nitrogen and oxygen atoms in total. The molecule has 0 aromatic carbocycles. The van der Waals surface area contributed by atoms with Crippen molar-refractivity contribution in [2.24, 2.45) is 23.2 Å². The van der Waals surface area contributed by atoms with Crippen LogP contribution in [0.3, 0.4) is 0 Å². The number of esters is 2. The molecule has 6 rings (SSSR count). The summed E-state index contributed by atoms with van der Waals surface area (Å²) in [6.07, 6.45) is 6.49. The normalized spacial score (nSPS) is 42.6. The fraction of sp³-hybridized carbons (Fsp3) is 0.455. The highest BCUT2D eigenvalue weighted by atomic mass is 79.9. The van der Waals surface area contributed by atoms with Crippen LogP contribution in [0.2, 0.25) is 0 Å². The van der Waals surface area contributed by atoms with Crippen molar-refractivity contribution in [3.8, 4) is 0 Å². The molecule has 0 radical (unpaired) electrons. The molecule has 2 heterocycles. The number of carbonyl (C=O) groups excluding carboxylic acids is 4. The molecule has 6 aliphatic rings. The first-order valence-corrected chi connectivity index (χ1v) is 10.4. The fourth-order valence-corrected chi connectivity index (χ4v) is 7.20. The van der Waals surface area contributed by atoms with Crippen LogP contribution >= 0.6 is 15.9 Å². The predicted octanol–water partition coefficient (Wildman–Crippen LogP) is 1.97. The van der Waals surface area contributed by atoms with Gasteiger partial charge in [0.2, 0.25) is 0 Å². The third kappa shape index (κ3) is 1.86. The highest BCUT2D eigenvalue weighted by Crippen LogP contribution is 2.72. The fourth-order valence-electron chi connectivity index (χ4n) is 6.55. The molecule has 0 aromatic heterocycles. The van der Waals surface area contributed by atoms with Gasteiger partial charge in [0, 0.05) is 22.2 Å². The molecule has 8 heteroatoms. The maximum Gasteiger partial charge on any atom is 0.337 e. The van der Waals surface area contributed by atoms with E-state index >= 15 is 0 Å². The second kappa shape index (κ2) is 5.68. The van der Waals surface area contributed by atoms with Crippen LogP contribution in [0, 0.1) is 23.2 Å². The highest BCUT2D eigenvalue weighted by molar-refractivity contribution is 9.12. The zero-order valence-corrected chi connectivity index (χ0v) is 18.4. The van der Waals surface area contributed by atoms with Crippen molar-refractivity contribution in [1.29, 1.82) is 0 Å². The van der Waals surface area contributed by atoms with Gasteiger partial charge in [-0.2, -0.15) is 0 Å². The molecule has 4 bridgehead atoms. The van der Waals surface area contributed by atoms with E-state index in [-0.39, 0.29) is 22.7 Å². The first-order chi connectivity index (χ1) is 14.1. The van der Waals surface area contributed by atoms with Gasteiger partial charge in [-0.25, -0.2) is 9.59 Å². The van der Waals surface area contributed by atoms with Gasteiger partial charge >= 0.3 is 11.9 Å². The van der Waals surface area contributed by atoms with Gasteiger partial charge in [-0.3, -0.25) is 9.59 Å². The molecule has 1 fully saturated rings. The molecule has 4 aliphatic carbocycles. The molecule has 0 unspecified atom stereocenters. The lowest BCUT2D eigenvalue weighted by Gasteiger charge is -2.49. The Bertz CT molecular complexity index is 1090. The van der Waals surface area contributed by atoms with Crippen molar-refractivity contribution in [3.63, 3.8) is 0 Å². The largest absolute Gasteiger partial charge is 0.466 e. The minimum absolute atomic E-state index is 0.0542. The number of allylic oxidation sites excluding steroid dienone is 6. The lowest BCUT2D eigenvalue weighted by molar-refractivity contribution is -0.141. The third-order valence-electron chi connectivity index (χ3n) is 7.46. The van der Waals surface area contributed by atoms with E-state index in [1.54, 1.807) is 26.0 Å². The molecule has 0 amide bonds. The van der Waals surface area contributed by atoms with Crippen LogP contribution in [-0.2, 0) is 33.4 Å². The molecule has 6 atom stereocenters. The lowest BCUT2D eigenvalue weighted by atomic mass is 9.49. The molecule has 0 aromatic rings. The average Bonchev–Trinajstić information content (AvgIpc) is 3.10. The topological polar surface area (TPSA) is 96.0 Å². The number of fused-ring (bicyclic) bond motifs is 3. The molecule has 156 valence electrons. The predicted molar refractivity (Wildman–Crippen MR) is 106 cm³/mol. The number of ether oxygens (including phenoxy) is 3. The Hall–Kier alpha value is -2.32. The molecule has 2 aliphatic heterocycles. The van der Waals surface area contributed by atoms with Crippen LogP contribution in [0.5, 0.6) is 0 Å². The maximum atomic E-state index is 13.4. The quantitative estimate of drug-likeness (QED) is 0.445. The summed E-state index contributed by atoms with van der Waals surface area (Å²) in [7, 11) is 2.45. The highest BCUT2D eigenvalue weighted by Gasteiger charge is 2.78. The molecular formula is C22H19BrO7. The van der Waals surface area contributed by atoms with E-state index in [9.17, 15) is 19.2 Å². The molecule has 30 heavy (non-hydrogen) atoms. The Kier molecular flexibility index (Phi) is 3.71. The molecule has 1 spiro atoms. The Morgan fingerprint density at radius 2 is 1.63 bits per heavy atom. The van der Waals surface area contributed by atoms with E-state index in [1.165, 1.54) is 26.4 Å². The lowest BCUT2D eigenvalue weighted by Crippen LogP contribution is -2.56. The van der Waals surface area contributed by atoms with Crippen molar-refractivity contribution >= 4 is 39.4 Å². The average molecular weight is 475 g/mol. The first-order valence-electron chi connectivity index (χ1n) is 9.57. The summed E-state index contributed by atoms with van der Waals surface area (Å²) >= 11 is 3.43. The summed E-state index contributed by atoms with van der Waals surface area (Å²) in [6, 6.07) is 0. The van der Waals surface area contributed by atoms with Gasteiger partial charge in [-0.15, -0.1) is 0 Å². The Morgan fingerprint density at radius 3 is 2.23 bits per heavy atom. The van der Waals surface area contributed by atoms with Crippen LogP contribution < -0.4 is 0 Å². The van der Waals surface area contributed by atoms with Gasteiger partial charge in [-0.05, 0) is 31.6 Å². The van der Waals surface area contributed by atoms with Gasteiger partial charge in [0.05, 0.1) is 30.8 Å². The number of methoxy groups -OCH3 is 2. The Morgan fingerprint density at radius 1 is 1.03 bits per heavy atom. The second-order valence-corrected chi connectivity index (χ2v) is 9.48. The summed E-state index contributed by atoms with van der Waals surface area (Å²) in [5.74, 6) is -3.49. The van der Waals surface area contributed by atoms with Gasteiger partial charge in [-0.1, -0.05) is 28.1 Å².